The fraction of sp³-hybridized carbons (Fsp3) is 0.988. The molecule has 558 valence electrons. The molecule has 0 radical (unpaired) electrons. The Morgan fingerprint density at radius 3 is 0.720 bits per heavy atom. The lowest BCUT2D eigenvalue weighted by Crippen LogP contribution is -2.46. The SMILES string of the molecule is CCCCCCCCCCCCCCCCCCCCCCCCCCCCCCCCCCCCCCCCCCC(=O)NC(COP(=O)(O)OCC[N+](C)(C)C)C(O)CCCCCCCCCCCCCCCCCCCCCCCCCCCCCCCCC. The van der Waals surface area contributed by atoms with Crippen LogP contribution in [0.5, 0.6) is 0 Å². The van der Waals surface area contributed by atoms with Gasteiger partial charge in [0, 0.05) is 6.42 Å². The third-order valence-electron chi connectivity index (χ3n) is 20.6. The van der Waals surface area contributed by atoms with E-state index in [1.807, 2.05) is 21.1 Å². The second-order valence-corrected chi connectivity index (χ2v) is 32.7. The Hall–Kier alpha value is -0.500. The molecule has 0 aliphatic carbocycles. The van der Waals surface area contributed by atoms with Gasteiger partial charge < -0.3 is 19.8 Å². The van der Waals surface area contributed by atoms with Crippen molar-refractivity contribution < 1.29 is 32.9 Å². The molecule has 3 atom stereocenters. The summed E-state index contributed by atoms with van der Waals surface area (Å²) in [6, 6.07) is -0.758. The monoisotopic (exact) mass is 1340 g/mol. The molecular weight excluding hydrogens is 1160 g/mol. The first-order valence-electron chi connectivity index (χ1n) is 42.9. The maximum Gasteiger partial charge on any atom is 0.472 e. The molecule has 8 nitrogen and oxygen atoms in total. The maximum atomic E-state index is 13.1. The van der Waals surface area contributed by atoms with Gasteiger partial charge in [-0.15, -0.1) is 0 Å². The Bertz CT molecular complexity index is 1480. The highest BCUT2D eigenvalue weighted by atomic mass is 31.2. The van der Waals surface area contributed by atoms with Crippen LogP contribution in [-0.2, 0) is 18.4 Å². The Labute approximate surface area is 584 Å². The van der Waals surface area contributed by atoms with Crippen LogP contribution in [0, 0.1) is 0 Å². The molecule has 3 unspecified atom stereocenters. The van der Waals surface area contributed by atoms with Crippen LogP contribution >= 0.6 is 7.82 Å². The Morgan fingerprint density at radius 1 is 0.323 bits per heavy atom. The second-order valence-electron chi connectivity index (χ2n) is 31.3. The van der Waals surface area contributed by atoms with Crippen molar-refractivity contribution in [2.75, 3.05) is 40.9 Å². The molecule has 0 heterocycles. The maximum absolute atomic E-state index is 13.1. The van der Waals surface area contributed by atoms with E-state index in [0.29, 0.717) is 23.9 Å². The highest BCUT2D eigenvalue weighted by Crippen LogP contribution is 2.43. The quantitative estimate of drug-likeness (QED) is 0.0318. The van der Waals surface area contributed by atoms with Crippen LogP contribution in [0.3, 0.4) is 0 Å². The normalized spacial score (nSPS) is 13.3. The zero-order valence-electron chi connectivity index (χ0n) is 64.3. The Morgan fingerprint density at radius 2 is 0.516 bits per heavy atom. The predicted molar refractivity (Wildman–Crippen MR) is 411 cm³/mol. The van der Waals surface area contributed by atoms with Gasteiger partial charge in [0.1, 0.15) is 13.2 Å². The van der Waals surface area contributed by atoms with Crippen LogP contribution in [0.25, 0.3) is 0 Å². The number of aliphatic hydroxyl groups excluding tert-OH is 1. The molecule has 9 heteroatoms. The van der Waals surface area contributed by atoms with Crippen LogP contribution in [-0.4, -0.2) is 73.4 Å². The molecule has 0 saturated carbocycles. The predicted octanol–water partition coefficient (Wildman–Crippen LogP) is 28.2. The van der Waals surface area contributed by atoms with E-state index in [1.54, 1.807) is 0 Å². The Balaban J connectivity index is 3.84. The van der Waals surface area contributed by atoms with E-state index in [0.717, 1.165) is 38.5 Å². The van der Waals surface area contributed by atoms with Gasteiger partial charge in [-0.25, -0.2) is 4.57 Å². The lowest BCUT2D eigenvalue weighted by Gasteiger charge is -2.26. The van der Waals surface area contributed by atoms with Crippen molar-refractivity contribution in [3.05, 3.63) is 0 Å². The van der Waals surface area contributed by atoms with E-state index in [4.69, 9.17) is 9.05 Å². The number of carbonyl (C=O) groups is 1. The number of likely N-dealkylation sites (N-methyl/N-ethyl adjacent to an activating group) is 1. The van der Waals surface area contributed by atoms with E-state index in [2.05, 4.69) is 19.2 Å². The fourth-order valence-electron chi connectivity index (χ4n) is 14.0. The average molecular weight is 1340 g/mol. The van der Waals surface area contributed by atoms with Crippen molar-refractivity contribution in [1.82, 2.24) is 5.32 Å². The molecule has 0 aliphatic rings. The van der Waals surface area contributed by atoms with E-state index < -0.39 is 20.0 Å². The first kappa shape index (κ1) is 92.5. The van der Waals surface area contributed by atoms with Gasteiger partial charge in [0.15, 0.2) is 0 Å². The number of unbranched alkanes of at least 4 members (excludes halogenated alkanes) is 69. The van der Waals surface area contributed by atoms with Crippen molar-refractivity contribution >= 4 is 13.7 Å². The van der Waals surface area contributed by atoms with Crippen LogP contribution in [0.2, 0.25) is 0 Å². The minimum atomic E-state index is -4.33. The molecule has 0 aromatic carbocycles. The summed E-state index contributed by atoms with van der Waals surface area (Å²) in [5.74, 6) is -0.131. The molecule has 0 aromatic heterocycles. The average Bonchev–Trinajstić information content (AvgIpc) is 2.67. The fourth-order valence-corrected chi connectivity index (χ4v) is 14.7. The summed E-state index contributed by atoms with van der Waals surface area (Å²) in [4.78, 5) is 23.6. The molecule has 0 bridgehead atoms. The lowest BCUT2D eigenvalue weighted by molar-refractivity contribution is -0.870. The molecule has 0 spiro atoms. The number of hydrogen-bond acceptors (Lipinski definition) is 5. The van der Waals surface area contributed by atoms with E-state index in [-0.39, 0.29) is 19.1 Å². The third kappa shape index (κ3) is 78.7. The van der Waals surface area contributed by atoms with E-state index >= 15 is 0 Å². The van der Waals surface area contributed by atoms with Crippen LogP contribution in [0.15, 0.2) is 0 Å². The van der Waals surface area contributed by atoms with Crippen molar-refractivity contribution in [3.8, 4) is 0 Å². The van der Waals surface area contributed by atoms with Crippen LogP contribution in [0.4, 0.5) is 0 Å². The zero-order chi connectivity index (χ0) is 67.6. The second kappa shape index (κ2) is 75.7. The minimum absolute atomic E-state index is 0.0797. The van der Waals surface area contributed by atoms with Gasteiger partial charge in [-0.05, 0) is 12.8 Å². The Kier molecular flexibility index (Phi) is 75.3. The van der Waals surface area contributed by atoms with Gasteiger partial charge in [0.25, 0.3) is 0 Å². The number of aliphatic hydroxyl groups is 1. The molecule has 0 aliphatic heterocycles. The van der Waals surface area contributed by atoms with Crippen molar-refractivity contribution in [2.24, 2.45) is 0 Å². The van der Waals surface area contributed by atoms with Crippen LogP contribution in [0.1, 0.15) is 483 Å². The topological polar surface area (TPSA) is 105 Å². The molecular formula is C84H172N2O6P+. The van der Waals surface area contributed by atoms with Gasteiger partial charge in [-0.1, -0.05) is 463 Å². The van der Waals surface area contributed by atoms with Crippen molar-refractivity contribution in [2.45, 2.75) is 495 Å². The number of hydrogen-bond donors (Lipinski definition) is 3. The largest absolute Gasteiger partial charge is 0.472 e. The molecule has 0 fully saturated rings. The molecule has 0 rings (SSSR count). The van der Waals surface area contributed by atoms with Crippen LogP contribution < -0.4 is 5.32 Å². The number of phosphoric acid groups is 1. The van der Waals surface area contributed by atoms with E-state index in [9.17, 15) is 19.4 Å². The molecule has 93 heavy (non-hydrogen) atoms. The first-order chi connectivity index (χ1) is 45.5. The molecule has 0 aromatic rings. The number of rotatable bonds is 82. The minimum Gasteiger partial charge on any atom is -0.391 e. The summed E-state index contributed by atoms with van der Waals surface area (Å²) in [5.41, 5.74) is 0. The summed E-state index contributed by atoms with van der Waals surface area (Å²) in [6.45, 7) is 4.98. The summed E-state index contributed by atoms with van der Waals surface area (Å²) in [6.07, 6.45) is 98.6. The van der Waals surface area contributed by atoms with Gasteiger partial charge >= 0.3 is 7.82 Å². The highest BCUT2D eigenvalue weighted by molar-refractivity contribution is 7.47. The lowest BCUT2D eigenvalue weighted by atomic mass is 10.0. The summed E-state index contributed by atoms with van der Waals surface area (Å²) < 4.78 is 24.0. The number of amides is 1. The number of carbonyl (C=O) groups excluding carboxylic acids is 1. The number of quaternary nitrogens is 1. The summed E-state index contributed by atoms with van der Waals surface area (Å²) in [7, 11) is 1.65. The number of nitrogens with one attached hydrogen (secondary N) is 1. The van der Waals surface area contributed by atoms with Gasteiger partial charge in [-0.2, -0.15) is 0 Å². The molecule has 0 saturated heterocycles. The number of nitrogens with zero attached hydrogens (tertiary/aromatic N) is 1. The van der Waals surface area contributed by atoms with E-state index in [1.165, 1.54) is 417 Å². The highest BCUT2D eigenvalue weighted by Gasteiger charge is 2.28. The third-order valence-corrected chi connectivity index (χ3v) is 21.6. The van der Waals surface area contributed by atoms with Crippen molar-refractivity contribution in [1.29, 1.82) is 0 Å². The smallest absolute Gasteiger partial charge is 0.391 e. The summed E-state index contributed by atoms with van der Waals surface area (Å²) >= 11 is 0. The van der Waals surface area contributed by atoms with Gasteiger partial charge in [0.2, 0.25) is 5.91 Å². The van der Waals surface area contributed by atoms with Gasteiger partial charge in [0.05, 0.1) is 39.9 Å². The standard InChI is InChI=1S/C84H171N2O6P/c1-6-8-10-12-14-16-18-20-22-24-26-28-30-32-34-36-38-39-40-41-42-43-44-45-46-48-50-52-54-56-58-60-62-64-66-68-70-72-74-76-78-84(88)85-82(81-92-93(89,90)91-80-79-86(3,4)5)83(87)77-75-73-71-69-67-65-63-61-59-57-55-53-51-49-47-37-35-33-31-29-27-25-23-21-19-17-15-13-11-9-7-2/h82-83,87H,6-81H2,1-5H3,(H-,85,88,89,90)/p+1. The molecule has 1 amide bonds. The number of phosphoric ester groups is 1. The zero-order valence-corrected chi connectivity index (χ0v) is 65.2. The van der Waals surface area contributed by atoms with Crippen molar-refractivity contribution in [3.63, 3.8) is 0 Å². The first-order valence-corrected chi connectivity index (χ1v) is 44.4. The molecule has 3 N–H and O–H groups in total. The van der Waals surface area contributed by atoms with Gasteiger partial charge in [-0.3, -0.25) is 13.8 Å². The summed E-state index contributed by atoms with van der Waals surface area (Å²) in [5, 5.41) is 14.2.